The Hall–Kier alpha value is -1.32. The largest absolute Gasteiger partial charge is 0.387 e. The molecule has 0 saturated carbocycles. The van der Waals surface area contributed by atoms with E-state index >= 15 is 0 Å². The van der Waals surface area contributed by atoms with Gasteiger partial charge in [-0.05, 0) is 38.1 Å². The highest BCUT2D eigenvalue weighted by atomic mass is 32.2. The lowest BCUT2D eigenvalue weighted by Crippen LogP contribution is -1.94. The molecule has 3 heteroatoms. The van der Waals surface area contributed by atoms with Crippen LogP contribution in [0, 0.1) is 6.92 Å². The quantitative estimate of drug-likeness (QED) is 0.897. The molecule has 1 atom stereocenters. The lowest BCUT2D eigenvalue weighted by atomic mass is 10.2. The second kappa shape index (κ2) is 5.34. The van der Waals surface area contributed by atoms with Gasteiger partial charge in [-0.2, -0.15) is 0 Å². The molecular formula is C14H15NOS. The topological polar surface area (TPSA) is 33.1 Å². The number of aryl methyl sites for hydroxylation is 1. The Balaban J connectivity index is 2.14. The molecule has 0 aliphatic carbocycles. The average Bonchev–Trinajstić information content (AvgIpc) is 2.29. The van der Waals surface area contributed by atoms with Gasteiger partial charge in [-0.3, -0.25) is 4.98 Å². The minimum Gasteiger partial charge on any atom is -0.387 e. The number of rotatable bonds is 3. The molecule has 1 heterocycles. The van der Waals surface area contributed by atoms with E-state index < -0.39 is 6.10 Å². The predicted octanol–water partition coefficient (Wildman–Crippen LogP) is 3.59. The number of aromatic nitrogens is 1. The van der Waals surface area contributed by atoms with Gasteiger partial charge in [0.2, 0.25) is 0 Å². The van der Waals surface area contributed by atoms with Crippen LogP contribution in [0.25, 0.3) is 0 Å². The molecule has 2 nitrogen and oxygen atoms in total. The summed E-state index contributed by atoms with van der Waals surface area (Å²) in [7, 11) is 0. The van der Waals surface area contributed by atoms with Gasteiger partial charge >= 0.3 is 0 Å². The normalized spacial score (nSPS) is 12.4. The molecule has 0 saturated heterocycles. The Morgan fingerprint density at radius 2 is 2.00 bits per heavy atom. The fourth-order valence-electron chi connectivity index (χ4n) is 1.51. The smallest absolute Gasteiger partial charge is 0.0931 e. The van der Waals surface area contributed by atoms with Crippen LogP contribution in [0.15, 0.2) is 52.4 Å². The fraction of sp³-hybridized carbons (Fsp3) is 0.214. The number of aliphatic hydroxyl groups is 1. The molecule has 0 aliphatic rings. The van der Waals surface area contributed by atoms with Gasteiger partial charge < -0.3 is 5.11 Å². The van der Waals surface area contributed by atoms with Gasteiger partial charge in [0.05, 0.1) is 11.8 Å². The SMILES string of the molecule is Cc1cccc(Sc2ccc([C@H](C)O)nc2)c1. The molecule has 0 unspecified atom stereocenters. The van der Waals surface area contributed by atoms with Crippen LogP contribution in [0.2, 0.25) is 0 Å². The van der Waals surface area contributed by atoms with Crippen LogP contribution in [-0.4, -0.2) is 10.1 Å². The van der Waals surface area contributed by atoms with Crippen molar-refractivity contribution < 1.29 is 5.11 Å². The van der Waals surface area contributed by atoms with Gasteiger partial charge in [0.15, 0.2) is 0 Å². The van der Waals surface area contributed by atoms with Crippen molar-refractivity contribution in [2.45, 2.75) is 29.7 Å². The summed E-state index contributed by atoms with van der Waals surface area (Å²) in [5, 5.41) is 9.37. The molecule has 0 bridgehead atoms. The summed E-state index contributed by atoms with van der Waals surface area (Å²) in [6.45, 7) is 3.80. The highest BCUT2D eigenvalue weighted by Gasteiger charge is 2.03. The zero-order valence-corrected chi connectivity index (χ0v) is 10.7. The van der Waals surface area contributed by atoms with Crippen molar-refractivity contribution in [1.29, 1.82) is 0 Å². The lowest BCUT2D eigenvalue weighted by molar-refractivity contribution is 0.194. The third kappa shape index (κ3) is 3.32. The highest BCUT2D eigenvalue weighted by Crippen LogP contribution is 2.27. The van der Waals surface area contributed by atoms with E-state index in [9.17, 15) is 5.11 Å². The number of nitrogens with zero attached hydrogens (tertiary/aromatic N) is 1. The van der Waals surface area contributed by atoms with Crippen LogP contribution < -0.4 is 0 Å². The van der Waals surface area contributed by atoms with Crippen LogP contribution in [0.1, 0.15) is 24.3 Å². The van der Waals surface area contributed by atoms with Gasteiger partial charge in [-0.1, -0.05) is 29.5 Å². The Labute approximate surface area is 106 Å². The summed E-state index contributed by atoms with van der Waals surface area (Å²) in [6.07, 6.45) is 1.29. The molecule has 0 amide bonds. The van der Waals surface area contributed by atoms with E-state index in [-0.39, 0.29) is 0 Å². The first-order valence-electron chi connectivity index (χ1n) is 5.54. The summed E-state index contributed by atoms with van der Waals surface area (Å²) in [5.41, 5.74) is 1.96. The third-order valence-corrected chi connectivity index (χ3v) is 3.38. The summed E-state index contributed by atoms with van der Waals surface area (Å²) in [4.78, 5) is 6.51. The molecule has 1 N–H and O–H groups in total. The molecule has 0 spiro atoms. The van der Waals surface area contributed by atoms with Crippen molar-refractivity contribution in [1.82, 2.24) is 4.98 Å². The molecule has 0 aliphatic heterocycles. The summed E-state index contributed by atoms with van der Waals surface area (Å²) in [6, 6.07) is 12.2. The minimum atomic E-state index is -0.506. The van der Waals surface area contributed by atoms with E-state index in [1.165, 1.54) is 10.5 Å². The summed E-state index contributed by atoms with van der Waals surface area (Å²) >= 11 is 1.68. The number of hydrogen-bond acceptors (Lipinski definition) is 3. The molecular weight excluding hydrogens is 230 g/mol. The van der Waals surface area contributed by atoms with Crippen molar-refractivity contribution >= 4 is 11.8 Å². The maximum Gasteiger partial charge on any atom is 0.0931 e. The first kappa shape index (κ1) is 12.1. The van der Waals surface area contributed by atoms with Crippen molar-refractivity contribution in [3.05, 3.63) is 53.9 Å². The van der Waals surface area contributed by atoms with E-state index in [1.807, 2.05) is 12.1 Å². The van der Waals surface area contributed by atoms with Crippen LogP contribution >= 0.6 is 11.8 Å². The predicted molar refractivity (Wildman–Crippen MR) is 70.2 cm³/mol. The standard InChI is InChI=1S/C14H15NOS/c1-10-4-3-5-12(8-10)17-13-6-7-14(11(2)16)15-9-13/h3-9,11,16H,1-2H3/t11-/m0/s1. The third-order valence-electron chi connectivity index (χ3n) is 2.41. The number of pyridine rings is 1. The summed E-state index contributed by atoms with van der Waals surface area (Å²) < 4.78 is 0. The Morgan fingerprint density at radius 3 is 2.59 bits per heavy atom. The van der Waals surface area contributed by atoms with Crippen molar-refractivity contribution in [3.63, 3.8) is 0 Å². The minimum absolute atomic E-state index is 0.506. The van der Waals surface area contributed by atoms with E-state index in [2.05, 4.69) is 36.2 Å². The Bertz CT molecular complexity index is 494. The second-order valence-electron chi connectivity index (χ2n) is 4.01. The van der Waals surface area contributed by atoms with Gasteiger partial charge in [0.25, 0.3) is 0 Å². The first-order valence-corrected chi connectivity index (χ1v) is 6.35. The Morgan fingerprint density at radius 1 is 1.18 bits per heavy atom. The highest BCUT2D eigenvalue weighted by molar-refractivity contribution is 7.99. The van der Waals surface area contributed by atoms with Crippen LogP contribution in [0.5, 0.6) is 0 Å². The van der Waals surface area contributed by atoms with Crippen molar-refractivity contribution in [3.8, 4) is 0 Å². The zero-order chi connectivity index (χ0) is 12.3. The molecule has 2 aromatic rings. The van der Waals surface area contributed by atoms with Crippen LogP contribution in [0.3, 0.4) is 0 Å². The van der Waals surface area contributed by atoms with Gasteiger partial charge in [0, 0.05) is 16.0 Å². The molecule has 0 fully saturated rings. The van der Waals surface area contributed by atoms with E-state index in [1.54, 1.807) is 24.9 Å². The molecule has 2 rings (SSSR count). The van der Waals surface area contributed by atoms with Gasteiger partial charge in [-0.15, -0.1) is 0 Å². The van der Waals surface area contributed by atoms with E-state index in [4.69, 9.17) is 0 Å². The van der Waals surface area contributed by atoms with Crippen molar-refractivity contribution in [2.75, 3.05) is 0 Å². The second-order valence-corrected chi connectivity index (χ2v) is 5.16. The average molecular weight is 245 g/mol. The Kier molecular flexibility index (Phi) is 3.82. The van der Waals surface area contributed by atoms with E-state index in [0.717, 1.165) is 4.90 Å². The molecule has 0 radical (unpaired) electrons. The van der Waals surface area contributed by atoms with Crippen LogP contribution in [-0.2, 0) is 0 Å². The molecule has 17 heavy (non-hydrogen) atoms. The monoisotopic (exact) mass is 245 g/mol. The summed E-state index contributed by atoms with van der Waals surface area (Å²) in [5.74, 6) is 0. The number of hydrogen-bond donors (Lipinski definition) is 1. The van der Waals surface area contributed by atoms with Crippen molar-refractivity contribution in [2.24, 2.45) is 0 Å². The van der Waals surface area contributed by atoms with Gasteiger partial charge in [0.1, 0.15) is 0 Å². The lowest BCUT2D eigenvalue weighted by Gasteiger charge is -2.05. The number of benzene rings is 1. The first-order chi connectivity index (χ1) is 8.15. The van der Waals surface area contributed by atoms with E-state index in [0.29, 0.717) is 5.69 Å². The van der Waals surface area contributed by atoms with Crippen LogP contribution in [0.4, 0.5) is 0 Å². The zero-order valence-electron chi connectivity index (χ0n) is 9.92. The maximum absolute atomic E-state index is 9.37. The number of aliphatic hydroxyl groups excluding tert-OH is 1. The molecule has 1 aromatic heterocycles. The fourth-order valence-corrected chi connectivity index (χ4v) is 2.42. The van der Waals surface area contributed by atoms with Gasteiger partial charge in [-0.25, -0.2) is 0 Å². The molecule has 88 valence electrons. The molecule has 1 aromatic carbocycles. The maximum atomic E-state index is 9.37.